The molecule has 1 aromatic heterocycles. The number of anilines is 1. The van der Waals surface area contributed by atoms with Crippen LogP contribution >= 0.6 is 0 Å². The van der Waals surface area contributed by atoms with Crippen LogP contribution < -0.4 is 10.6 Å². The summed E-state index contributed by atoms with van der Waals surface area (Å²) < 4.78 is 0. The van der Waals surface area contributed by atoms with Crippen LogP contribution in [0.4, 0.5) is 5.69 Å². The SMILES string of the molecule is N#CC(=CNc1ccccc1C(=O)N1CCNC(=O)C1)c1nn[nH]n1. The number of piperazine rings is 1. The minimum absolute atomic E-state index is 0.0231. The van der Waals surface area contributed by atoms with Crippen molar-refractivity contribution < 1.29 is 9.59 Å². The van der Waals surface area contributed by atoms with Gasteiger partial charge in [-0.05, 0) is 17.3 Å². The molecule has 1 saturated heterocycles. The standard InChI is InChI=1S/C15H14N8O2/c16-7-10(14-19-21-22-20-14)8-18-12-4-2-1-3-11(12)15(25)23-6-5-17-13(24)9-23/h1-4,8,18H,5-6,9H2,(H,17,24)(H,19,20,21,22). The fourth-order valence-corrected chi connectivity index (χ4v) is 2.35. The maximum atomic E-state index is 12.7. The number of nitriles is 1. The first kappa shape index (κ1) is 16.1. The fourth-order valence-electron chi connectivity index (χ4n) is 2.35. The Balaban J connectivity index is 1.82. The van der Waals surface area contributed by atoms with Gasteiger partial charge in [0.05, 0.1) is 17.8 Å². The highest BCUT2D eigenvalue weighted by atomic mass is 16.2. The average Bonchev–Trinajstić information content (AvgIpc) is 3.16. The Kier molecular flexibility index (Phi) is 4.66. The molecular weight excluding hydrogens is 324 g/mol. The van der Waals surface area contributed by atoms with Crippen LogP contribution in [0, 0.1) is 11.3 Å². The number of allylic oxidation sites excluding steroid dienone is 1. The summed E-state index contributed by atoms with van der Waals surface area (Å²) in [5, 5.41) is 28.0. The van der Waals surface area contributed by atoms with E-state index in [-0.39, 0.29) is 29.8 Å². The second-order valence-electron chi connectivity index (χ2n) is 5.17. The lowest BCUT2D eigenvalue weighted by atomic mass is 10.1. The van der Waals surface area contributed by atoms with Gasteiger partial charge >= 0.3 is 0 Å². The number of nitrogens with one attached hydrogen (secondary N) is 3. The van der Waals surface area contributed by atoms with Crippen molar-refractivity contribution >= 4 is 23.1 Å². The summed E-state index contributed by atoms with van der Waals surface area (Å²) in [6.45, 7) is 0.896. The summed E-state index contributed by atoms with van der Waals surface area (Å²) in [7, 11) is 0. The third-order valence-corrected chi connectivity index (χ3v) is 3.56. The molecule has 0 bridgehead atoms. The molecule has 0 unspecified atom stereocenters. The van der Waals surface area contributed by atoms with Gasteiger partial charge in [0.2, 0.25) is 11.7 Å². The van der Waals surface area contributed by atoms with Crippen LogP contribution in [-0.2, 0) is 4.79 Å². The molecule has 2 heterocycles. The highest BCUT2D eigenvalue weighted by Gasteiger charge is 2.23. The van der Waals surface area contributed by atoms with Crippen LogP contribution in [0.3, 0.4) is 0 Å². The maximum Gasteiger partial charge on any atom is 0.256 e. The Morgan fingerprint density at radius 1 is 1.40 bits per heavy atom. The second kappa shape index (κ2) is 7.22. The molecule has 2 amide bonds. The number of benzene rings is 1. The van der Waals surface area contributed by atoms with Crippen LogP contribution in [0.2, 0.25) is 0 Å². The number of H-pyrrole nitrogens is 1. The number of amides is 2. The van der Waals surface area contributed by atoms with E-state index in [0.717, 1.165) is 0 Å². The minimum Gasteiger partial charge on any atom is -0.360 e. The molecule has 126 valence electrons. The molecule has 10 heteroatoms. The monoisotopic (exact) mass is 338 g/mol. The maximum absolute atomic E-state index is 12.7. The topological polar surface area (TPSA) is 140 Å². The quantitative estimate of drug-likeness (QED) is 0.653. The van der Waals surface area contributed by atoms with Gasteiger partial charge in [-0.25, -0.2) is 0 Å². The lowest BCUT2D eigenvalue weighted by Crippen LogP contribution is -2.50. The third kappa shape index (κ3) is 3.61. The van der Waals surface area contributed by atoms with Gasteiger partial charge < -0.3 is 15.5 Å². The van der Waals surface area contributed by atoms with Crippen LogP contribution in [0.25, 0.3) is 5.57 Å². The first-order chi connectivity index (χ1) is 12.2. The smallest absolute Gasteiger partial charge is 0.256 e. The van der Waals surface area contributed by atoms with E-state index in [4.69, 9.17) is 0 Å². The summed E-state index contributed by atoms with van der Waals surface area (Å²) in [6, 6.07) is 8.82. The lowest BCUT2D eigenvalue weighted by molar-refractivity contribution is -0.123. The van der Waals surface area contributed by atoms with Crippen molar-refractivity contribution in [3.05, 3.63) is 41.9 Å². The van der Waals surface area contributed by atoms with Crippen molar-refractivity contribution in [2.45, 2.75) is 0 Å². The van der Waals surface area contributed by atoms with E-state index in [9.17, 15) is 14.9 Å². The van der Waals surface area contributed by atoms with Gasteiger partial charge in [-0.15, -0.1) is 10.2 Å². The van der Waals surface area contributed by atoms with E-state index in [1.165, 1.54) is 11.1 Å². The molecule has 0 saturated carbocycles. The van der Waals surface area contributed by atoms with Crippen molar-refractivity contribution in [3.63, 3.8) is 0 Å². The average molecular weight is 338 g/mol. The number of rotatable bonds is 4. The Morgan fingerprint density at radius 2 is 2.24 bits per heavy atom. The van der Waals surface area contributed by atoms with Gasteiger partial charge in [0.1, 0.15) is 11.6 Å². The van der Waals surface area contributed by atoms with Crippen molar-refractivity contribution in [2.75, 3.05) is 25.0 Å². The molecule has 1 aliphatic rings. The third-order valence-electron chi connectivity index (χ3n) is 3.56. The molecule has 10 nitrogen and oxygen atoms in total. The second-order valence-corrected chi connectivity index (χ2v) is 5.17. The molecule has 3 N–H and O–H groups in total. The number of nitrogens with zero attached hydrogens (tertiary/aromatic N) is 5. The molecule has 0 spiro atoms. The zero-order valence-electron chi connectivity index (χ0n) is 13.1. The van der Waals surface area contributed by atoms with E-state index >= 15 is 0 Å². The van der Waals surface area contributed by atoms with Crippen molar-refractivity contribution in [3.8, 4) is 6.07 Å². The largest absolute Gasteiger partial charge is 0.360 e. The van der Waals surface area contributed by atoms with E-state index < -0.39 is 0 Å². The summed E-state index contributed by atoms with van der Waals surface area (Å²) in [5.74, 6) is -0.301. The van der Waals surface area contributed by atoms with Gasteiger partial charge in [-0.1, -0.05) is 12.1 Å². The van der Waals surface area contributed by atoms with Crippen LogP contribution in [0.5, 0.6) is 0 Å². The number of aromatic nitrogens is 4. The number of tetrazole rings is 1. The summed E-state index contributed by atoms with van der Waals surface area (Å²) >= 11 is 0. The number of hydrogen-bond acceptors (Lipinski definition) is 7. The molecule has 0 atom stereocenters. The van der Waals surface area contributed by atoms with Gasteiger partial charge in [0, 0.05) is 19.3 Å². The van der Waals surface area contributed by atoms with Gasteiger partial charge in [-0.3, -0.25) is 9.59 Å². The number of carbonyl (C=O) groups excluding carboxylic acids is 2. The van der Waals surface area contributed by atoms with Crippen LogP contribution in [0.1, 0.15) is 16.2 Å². The Labute approximate surface area is 142 Å². The van der Waals surface area contributed by atoms with E-state index in [1.54, 1.807) is 24.3 Å². The lowest BCUT2D eigenvalue weighted by Gasteiger charge is -2.27. The fraction of sp³-hybridized carbons (Fsp3) is 0.200. The van der Waals surface area contributed by atoms with E-state index in [2.05, 4.69) is 31.3 Å². The summed E-state index contributed by atoms with van der Waals surface area (Å²) in [4.78, 5) is 25.7. The molecule has 2 aromatic rings. The highest BCUT2D eigenvalue weighted by molar-refractivity contribution is 6.01. The number of para-hydroxylation sites is 1. The van der Waals surface area contributed by atoms with Crippen LogP contribution in [-0.4, -0.2) is 57.0 Å². The Bertz CT molecular complexity index is 853. The number of hydrogen-bond donors (Lipinski definition) is 3. The van der Waals surface area contributed by atoms with Crippen molar-refractivity contribution in [1.82, 2.24) is 30.8 Å². The predicted molar refractivity (Wildman–Crippen MR) is 86.7 cm³/mol. The molecule has 1 fully saturated rings. The summed E-state index contributed by atoms with van der Waals surface area (Å²) in [6.07, 6.45) is 1.40. The molecular formula is C15H14N8O2. The van der Waals surface area contributed by atoms with Crippen LogP contribution in [0.15, 0.2) is 30.5 Å². The minimum atomic E-state index is -0.260. The molecule has 0 aliphatic carbocycles. The van der Waals surface area contributed by atoms with E-state index in [0.29, 0.717) is 24.3 Å². The number of aromatic amines is 1. The number of carbonyl (C=O) groups is 2. The first-order valence-electron chi connectivity index (χ1n) is 7.44. The molecule has 1 aliphatic heterocycles. The van der Waals surface area contributed by atoms with Gasteiger partial charge in [0.25, 0.3) is 5.91 Å². The van der Waals surface area contributed by atoms with Gasteiger partial charge in [-0.2, -0.15) is 10.5 Å². The predicted octanol–water partition coefficient (Wildman–Crippen LogP) is -0.252. The molecule has 1 aromatic carbocycles. The molecule has 0 radical (unpaired) electrons. The zero-order chi connectivity index (χ0) is 17.6. The zero-order valence-corrected chi connectivity index (χ0v) is 13.1. The Hall–Kier alpha value is -3.74. The Morgan fingerprint density at radius 3 is 2.96 bits per heavy atom. The highest BCUT2D eigenvalue weighted by Crippen LogP contribution is 2.19. The molecule has 25 heavy (non-hydrogen) atoms. The van der Waals surface area contributed by atoms with Gasteiger partial charge in [0.15, 0.2) is 0 Å². The van der Waals surface area contributed by atoms with Crippen molar-refractivity contribution in [2.24, 2.45) is 0 Å². The molecule has 3 rings (SSSR count). The normalized spacial score (nSPS) is 14.6. The first-order valence-corrected chi connectivity index (χ1v) is 7.44. The summed E-state index contributed by atoms with van der Waals surface area (Å²) in [5.41, 5.74) is 1.07. The van der Waals surface area contributed by atoms with Crippen molar-refractivity contribution in [1.29, 1.82) is 5.26 Å². The van der Waals surface area contributed by atoms with E-state index in [1.807, 2.05) is 6.07 Å².